The summed E-state index contributed by atoms with van der Waals surface area (Å²) in [5.41, 5.74) is 11.0. The molecular formula is C55H38GeNPS. The molecule has 3 aliphatic rings. The van der Waals surface area contributed by atoms with Crippen molar-refractivity contribution in [2.45, 2.75) is 5.41 Å². The van der Waals surface area contributed by atoms with Crippen molar-refractivity contribution >= 4 is 81.7 Å². The Balaban J connectivity index is 1.20. The molecule has 4 heteroatoms. The van der Waals surface area contributed by atoms with Crippen molar-refractivity contribution in [1.29, 1.82) is 0 Å². The normalized spacial score (nSPS) is 17.2. The van der Waals surface area contributed by atoms with Crippen LogP contribution in [0.5, 0.6) is 0 Å². The molecule has 1 nitrogen and oxygen atoms in total. The third-order valence-corrected chi connectivity index (χ3v) is 29.3. The van der Waals surface area contributed by atoms with E-state index in [4.69, 9.17) is 11.8 Å². The first-order chi connectivity index (χ1) is 29.2. The van der Waals surface area contributed by atoms with Crippen LogP contribution in [-0.2, 0) is 17.2 Å². The number of hydrogen-bond acceptors (Lipinski definition) is 2. The monoisotopic (exact) mass is 849 g/mol. The molecule has 59 heavy (non-hydrogen) atoms. The summed E-state index contributed by atoms with van der Waals surface area (Å²) in [6.07, 6.45) is 0. The van der Waals surface area contributed by atoms with E-state index in [0.717, 1.165) is 5.69 Å². The van der Waals surface area contributed by atoms with Gasteiger partial charge in [0.1, 0.15) is 0 Å². The summed E-state index contributed by atoms with van der Waals surface area (Å²) in [6.45, 7) is 0. The van der Waals surface area contributed by atoms with Crippen LogP contribution in [0, 0.1) is 0 Å². The number of anilines is 3. The summed E-state index contributed by atoms with van der Waals surface area (Å²) in [5, 5.41) is 3.90. The van der Waals surface area contributed by atoms with Crippen LogP contribution in [0.1, 0.15) is 22.3 Å². The SMILES string of the molecule is S=P1(c2ccccc2)c2cccc[c]2[Ge]([c]2ccccc2)([c]2ccccc2)[c]2cc(N3c4ccccc4C4(c5ccccc5-c5ccccc54)c4ccccc43)ccc21. The maximum atomic E-state index is 7.23. The number of fused-ring (bicyclic) bond motifs is 11. The van der Waals surface area contributed by atoms with Gasteiger partial charge in [0.25, 0.3) is 0 Å². The van der Waals surface area contributed by atoms with Crippen LogP contribution < -0.4 is 38.4 Å². The Morgan fingerprint density at radius 3 is 1.41 bits per heavy atom. The Labute approximate surface area is 353 Å². The first-order valence-electron chi connectivity index (χ1n) is 20.4. The summed E-state index contributed by atoms with van der Waals surface area (Å²) in [4.78, 5) is 2.55. The van der Waals surface area contributed by atoms with Crippen LogP contribution in [-0.4, -0.2) is 13.3 Å². The second kappa shape index (κ2) is 13.2. The average Bonchev–Trinajstić information content (AvgIpc) is 3.61. The summed E-state index contributed by atoms with van der Waals surface area (Å²) < 4.78 is 5.70. The Hall–Kier alpha value is -6.03. The molecule has 2 aliphatic heterocycles. The molecule has 2 heterocycles. The molecular weight excluding hydrogens is 810 g/mol. The Kier molecular flexibility index (Phi) is 7.85. The number of nitrogens with zero attached hydrogens (tertiary/aromatic N) is 1. The molecule has 1 unspecified atom stereocenters. The van der Waals surface area contributed by atoms with Crippen molar-refractivity contribution in [3.63, 3.8) is 0 Å². The molecule has 0 radical (unpaired) electrons. The molecule has 0 amide bonds. The molecule has 0 N–H and O–H groups in total. The molecule has 12 rings (SSSR count). The van der Waals surface area contributed by atoms with Gasteiger partial charge < -0.3 is 0 Å². The maximum absolute atomic E-state index is 7.23. The summed E-state index contributed by atoms with van der Waals surface area (Å²) >= 11 is 3.44. The van der Waals surface area contributed by atoms with Gasteiger partial charge >= 0.3 is 356 Å². The van der Waals surface area contributed by atoms with Gasteiger partial charge in [0, 0.05) is 0 Å². The fraction of sp³-hybridized carbons (Fsp3) is 0.0182. The molecule has 0 aromatic heterocycles. The Morgan fingerprint density at radius 1 is 0.390 bits per heavy atom. The van der Waals surface area contributed by atoms with E-state index in [1.807, 2.05) is 0 Å². The zero-order valence-electron chi connectivity index (χ0n) is 32.2. The van der Waals surface area contributed by atoms with Gasteiger partial charge in [-0.15, -0.1) is 0 Å². The van der Waals surface area contributed by atoms with Crippen LogP contribution in [0.25, 0.3) is 11.1 Å². The predicted octanol–water partition coefficient (Wildman–Crippen LogP) is 9.28. The van der Waals surface area contributed by atoms with Gasteiger partial charge in [0.15, 0.2) is 0 Å². The van der Waals surface area contributed by atoms with E-state index in [1.54, 1.807) is 0 Å². The number of rotatable bonds is 4. The Bertz CT molecular complexity index is 3030. The fourth-order valence-electron chi connectivity index (χ4n) is 11.0. The summed E-state index contributed by atoms with van der Waals surface area (Å²) in [7, 11) is 0. The van der Waals surface area contributed by atoms with E-state index in [2.05, 4.69) is 235 Å². The second-order valence-electron chi connectivity index (χ2n) is 15.9. The molecule has 1 spiro atoms. The molecule has 1 aliphatic carbocycles. The van der Waals surface area contributed by atoms with Crippen LogP contribution in [0.4, 0.5) is 17.1 Å². The van der Waals surface area contributed by atoms with Crippen LogP contribution >= 0.6 is 6.04 Å². The van der Waals surface area contributed by atoms with Gasteiger partial charge in [-0.3, -0.25) is 0 Å². The molecule has 9 aromatic carbocycles. The van der Waals surface area contributed by atoms with E-state index >= 15 is 0 Å². The minimum absolute atomic E-state index is 0.464. The standard InChI is InChI=1S/C55H38GeNPS/c59-58(42-24-8-3-9-25-42)53-35-19-16-32-49(53)56(39-20-4-1-5-21-39,40-22-6-2-7-23-40)50-38-41(36-37-54(50)58)57-51-33-17-14-30-47(51)55(48-31-15-18-34-52(48)57)45-28-12-10-26-43(45)44-27-11-13-29-46(44)55/h1-38H. The quantitative estimate of drug-likeness (QED) is 0.128. The second-order valence-corrected chi connectivity index (χ2v) is 28.0. The van der Waals surface area contributed by atoms with E-state index in [-0.39, 0.29) is 0 Å². The van der Waals surface area contributed by atoms with Gasteiger partial charge in [-0.1, -0.05) is 0 Å². The first kappa shape index (κ1) is 35.0. The van der Waals surface area contributed by atoms with Gasteiger partial charge in [-0.05, 0) is 0 Å². The Morgan fingerprint density at radius 2 is 0.831 bits per heavy atom. The zero-order valence-corrected chi connectivity index (χ0v) is 36.1. The number of hydrogen-bond donors (Lipinski definition) is 0. The van der Waals surface area contributed by atoms with Gasteiger partial charge in [0.05, 0.1) is 0 Å². The molecule has 1 atom stereocenters. The van der Waals surface area contributed by atoms with Crippen molar-refractivity contribution in [3.8, 4) is 11.1 Å². The molecule has 278 valence electrons. The van der Waals surface area contributed by atoms with Gasteiger partial charge in [-0.25, -0.2) is 0 Å². The van der Waals surface area contributed by atoms with Crippen molar-refractivity contribution in [2.75, 3.05) is 4.90 Å². The third-order valence-electron chi connectivity index (χ3n) is 13.2. The summed E-state index contributed by atoms with van der Waals surface area (Å²) in [5.74, 6) is 0. The van der Waals surface area contributed by atoms with Crippen molar-refractivity contribution in [3.05, 3.63) is 253 Å². The molecule has 0 saturated carbocycles. The minimum atomic E-state index is -3.78. The average molecular weight is 849 g/mol. The first-order valence-corrected chi connectivity index (χ1v) is 27.4. The topological polar surface area (TPSA) is 3.24 Å². The molecule has 0 bridgehead atoms. The number of para-hydroxylation sites is 2. The molecule has 9 aromatic rings. The summed E-state index contributed by atoms with van der Waals surface area (Å²) in [6, 6.07) is 84.3. The van der Waals surface area contributed by atoms with Gasteiger partial charge in [-0.2, -0.15) is 0 Å². The van der Waals surface area contributed by atoms with Crippen LogP contribution in [0.2, 0.25) is 0 Å². The van der Waals surface area contributed by atoms with E-state index in [1.165, 1.54) is 78.3 Å². The van der Waals surface area contributed by atoms with Gasteiger partial charge in [0.2, 0.25) is 0 Å². The molecule has 0 fully saturated rings. The van der Waals surface area contributed by atoms with Crippen molar-refractivity contribution in [2.24, 2.45) is 0 Å². The zero-order chi connectivity index (χ0) is 39.2. The van der Waals surface area contributed by atoms with Crippen LogP contribution in [0.15, 0.2) is 231 Å². The molecule has 0 saturated heterocycles. The third kappa shape index (κ3) is 4.60. The van der Waals surface area contributed by atoms with Crippen molar-refractivity contribution in [1.82, 2.24) is 0 Å². The fourth-order valence-corrected chi connectivity index (χ4v) is 30.3. The van der Waals surface area contributed by atoms with E-state index < -0.39 is 24.7 Å². The van der Waals surface area contributed by atoms with Crippen LogP contribution in [0.3, 0.4) is 0 Å². The van der Waals surface area contributed by atoms with E-state index in [9.17, 15) is 0 Å². The number of benzene rings is 9. The van der Waals surface area contributed by atoms with Crippen molar-refractivity contribution < 1.29 is 0 Å². The van der Waals surface area contributed by atoms with E-state index in [0.29, 0.717) is 0 Å². The predicted molar refractivity (Wildman–Crippen MR) is 255 cm³/mol.